The van der Waals surface area contributed by atoms with Crippen molar-refractivity contribution in [1.82, 2.24) is 0 Å². The highest BCUT2D eigenvalue weighted by atomic mass is 35.5. The molecule has 11 heavy (non-hydrogen) atoms. The molecule has 0 aliphatic heterocycles. The van der Waals surface area contributed by atoms with Crippen molar-refractivity contribution in [3.8, 4) is 0 Å². The van der Waals surface area contributed by atoms with Gasteiger partial charge in [0.15, 0.2) is 0 Å². The summed E-state index contributed by atoms with van der Waals surface area (Å²) in [5, 5.41) is 26.9. The number of nitrogens with two attached hydrogens (primary N) is 1. The molecule has 4 nitrogen and oxygen atoms in total. The lowest BCUT2D eigenvalue weighted by molar-refractivity contribution is 0.00300. The van der Waals surface area contributed by atoms with Gasteiger partial charge in [0, 0.05) is 18.6 Å². The molecule has 5 heteroatoms. The predicted octanol–water partition coefficient (Wildman–Crippen LogP) is -1.53. The van der Waals surface area contributed by atoms with Crippen molar-refractivity contribution in [3.05, 3.63) is 0 Å². The van der Waals surface area contributed by atoms with Crippen LogP contribution in [0, 0.1) is 5.92 Å². The Labute approximate surface area is 71.4 Å². The molecule has 1 saturated carbocycles. The van der Waals surface area contributed by atoms with E-state index in [1.165, 1.54) is 0 Å². The van der Waals surface area contributed by atoms with E-state index < -0.39 is 12.2 Å². The fraction of sp³-hybridized carbons (Fsp3) is 1.00. The van der Waals surface area contributed by atoms with E-state index in [-0.39, 0.29) is 31.0 Å². The third-order valence-electron chi connectivity index (χ3n) is 2.08. The van der Waals surface area contributed by atoms with E-state index in [9.17, 15) is 0 Å². The Bertz CT molecular complexity index is 124. The van der Waals surface area contributed by atoms with E-state index in [1.807, 2.05) is 0 Å². The average molecular weight is 184 g/mol. The first-order valence-corrected chi connectivity index (χ1v) is 3.39. The van der Waals surface area contributed by atoms with Crippen molar-refractivity contribution < 1.29 is 15.3 Å². The van der Waals surface area contributed by atoms with Crippen molar-refractivity contribution in [1.29, 1.82) is 0 Å². The van der Waals surface area contributed by atoms with Crippen LogP contribution in [0.4, 0.5) is 0 Å². The monoisotopic (exact) mass is 183 g/mol. The van der Waals surface area contributed by atoms with Crippen LogP contribution in [0.5, 0.6) is 0 Å². The fourth-order valence-electron chi connectivity index (χ4n) is 1.34. The minimum Gasteiger partial charge on any atom is -0.396 e. The van der Waals surface area contributed by atoms with Crippen molar-refractivity contribution >= 4 is 12.4 Å². The SMILES string of the molecule is Cl.N[C@@H]1CC(CO)[C@@H](O)[C@H]1O. The van der Waals surface area contributed by atoms with Crippen LogP contribution in [0.1, 0.15) is 6.42 Å². The Morgan fingerprint density at radius 2 is 1.82 bits per heavy atom. The second-order valence-electron chi connectivity index (χ2n) is 2.82. The molecule has 0 amide bonds. The van der Waals surface area contributed by atoms with E-state index in [2.05, 4.69) is 0 Å². The topological polar surface area (TPSA) is 86.7 Å². The second-order valence-corrected chi connectivity index (χ2v) is 2.82. The summed E-state index contributed by atoms with van der Waals surface area (Å²) in [7, 11) is 0. The first kappa shape index (κ1) is 11.1. The number of halogens is 1. The van der Waals surface area contributed by atoms with Crippen LogP contribution in [-0.4, -0.2) is 40.2 Å². The lowest BCUT2D eigenvalue weighted by atomic mass is 10.1. The Kier molecular flexibility index (Phi) is 4.28. The summed E-state index contributed by atoms with van der Waals surface area (Å²) < 4.78 is 0. The molecule has 0 aromatic heterocycles. The smallest absolute Gasteiger partial charge is 0.0953 e. The molecule has 4 atom stereocenters. The zero-order valence-corrected chi connectivity index (χ0v) is 6.87. The summed E-state index contributed by atoms with van der Waals surface area (Å²) in [6.45, 7) is -0.105. The lowest BCUT2D eigenvalue weighted by Crippen LogP contribution is -2.35. The summed E-state index contributed by atoms with van der Waals surface area (Å²) >= 11 is 0. The summed E-state index contributed by atoms with van der Waals surface area (Å²) in [5.74, 6) is -0.245. The first-order valence-electron chi connectivity index (χ1n) is 3.39. The van der Waals surface area contributed by atoms with Crippen LogP contribution in [0.2, 0.25) is 0 Å². The van der Waals surface area contributed by atoms with Crippen molar-refractivity contribution in [3.63, 3.8) is 0 Å². The molecule has 1 rings (SSSR count). The van der Waals surface area contributed by atoms with E-state index >= 15 is 0 Å². The number of aliphatic hydroxyl groups is 3. The van der Waals surface area contributed by atoms with Crippen LogP contribution >= 0.6 is 12.4 Å². The molecule has 0 aromatic rings. The van der Waals surface area contributed by atoms with Crippen molar-refractivity contribution in [2.75, 3.05) is 6.61 Å². The van der Waals surface area contributed by atoms with E-state index in [1.54, 1.807) is 0 Å². The standard InChI is InChI=1S/C6H13NO3.ClH/c7-4-1-3(2-8)5(9)6(4)10;/h3-6,8-10H,1-2,7H2;1H/t3?,4-,5-,6+;/m1./s1. The highest BCUT2D eigenvalue weighted by molar-refractivity contribution is 5.85. The average Bonchev–Trinajstić information content (AvgIpc) is 2.17. The highest BCUT2D eigenvalue weighted by Gasteiger charge is 2.38. The maximum absolute atomic E-state index is 9.14. The molecule has 0 spiro atoms. The van der Waals surface area contributed by atoms with Gasteiger partial charge in [-0.15, -0.1) is 12.4 Å². The maximum atomic E-state index is 9.14. The molecule has 0 bridgehead atoms. The normalized spacial score (nSPS) is 43.6. The van der Waals surface area contributed by atoms with E-state index in [0.29, 0.717) is 6.42 Å². The zero-order chi connectivity index (χ0) is 7.72. The second kappa shape index (κ2) is 4.23. The fourth-order valence-corrected chi connectivity index (χ4v) is 1.34. The third-order valence-corrected chi connectivity index (χ3v) is 2.08. The summed E-state index contributed by atoms with van der Waals surface area (Å²) in [6.07, 6.45) is -1.21. The van der Waals surface area contributed by atoms with Gasteiger partial charge in [0.1, 0.15) is 0 Å². The molecule has 1 fully saturated rings. The lowest BCUT2D eigenvalue weighted by Gasteiger charge is -2.13. The quantitative estimate of drug-likeness (QED) is 0.397. The molecule has 1 aliphatic rings. The van der Waals surface area contributed by atoms with Gasteiger partial charge in [-0.25, -0.2) is 0 Å². The molecule has 1 unspecified atom stereocenters. The van der Waals surface area contributed by atoms with Gasteiger partial charge in [-0.1, -0.05) is 0 Å². The Morgan fingerprint density at radius 1 is 1.27 bits per heavy atom. The molecule has 0 heterocycles. The Morgan fingerprint density at radius 3 is 2.00 bits per heavy atom. The minimum atomic E-state index is -0.864. The molecular formula is C6H14ClNO3. The van der Waals surface area contributed by atoms with Crippen molar-refractivity contribution in [2.24, 2.45) is 11.7 Å². The van der Waals surface area contributed by atoms with Crippen LogP contribution in [0.3, 0.4) is 0 Å². The number of rotatable bonds is 1. The van der Waals surface area contributed by atoms with Gasteiger partial charge >= 0.3 is 0 Å². The van der Waals surface area contributed by atoms with Crippen molar-refractivity contribution in [2.45, 2.75) is 24.7 Å². The maximum Gasteiger partial charge on any atom is 0.0953 e. The predicted molar refractivity (Wildman–Crippen MR) is 42.4 cm³/mol. The number of hydrogen-bond donors (Lipinski definition) is 4. The van der Waals surface area contributed by atoms with E-state index in [0.717, 1.165) is 0 Å². The molecule has 68 valence electrons. The Balaban J connectivity index is 0.000001000. The minimum absolute atomic E-state index is 0. The van der Waals surface area contributed by atoms with Crippen LogP contribution in [0.15, 0.2) is 0 Å². The molecule has 0 radical (unpaired) electrons. The van der Waals surface area contributed by atoms with Crippen LogP contribution in [-0.2, 0) is 0 Å². The summed E-state index contributed by atoms with van der Waals surface area (Å²) in [5.41, 5.74) is 5.41. The molecule has 0 aromatic carbocycles. The summed E-state index contributed by atoms with van der Waals surface area (Å²) in [6, 6.07) is -0.382. The largest absolute Gasteiger partial charge is 0.396 e. The van der Waals surface area contributed by atoms with Crippen LogP contribution < -0.4 is 5.73 Å². The van der Waals surface area contributed by atoms with E-state index in [4.69, 9.17) is 21.1 Å². The van der Waals surface area contributed by atoms with Gasteiger partial charge in [0.05, 0.1) is 12.2 Å². The first-order chi connectivity index (χ1) is 4.66. The van der Waals surface area contributed by atoms with Gasteiger partial charge in [0.2, 0.25) is 0 Å². The van der Waals surface area contributed by atoms with Crippen LogP contribution in [0.25, 0.3) is 0 Å². The third kappa shape index (κ3) is 2.04. The number of aliphatic hydroxyl groups excluding tert-OH is 3. The zero-order valence-electron chi connectivity index (χ0n) is 6.05. The van der Waals surface area contributed by atoms with Gasteiger partial charge in [-0.2, -0.15) is 0 Å². The highest BCUT2D eigenvalue weighted by Crippen LogP contribution is 2.24. The Hall–Kier alpha value is 0.130. The molecule has 1 aliphatic carbocycles. The van der Waals surface area contributed by atoms with Gasteiger partial charge in [-0.3, -0.25) is 0 Å². The molecule has 5 N–H and O–H groups in total. The van der Waals surface area contributed by atoms with Gasteiger partial charge in [0.25, 0.3) is 0 Å². The number of hydrogen-bond acceptors (Lipinski definition) is 4. The molecule has 0 saturated heterocycles. The summed E-state index contributed by atoms with van der Waals surface area (Å²) in [4.78, 5) is 0. The van der Waals surface area contributed by atoms with Gasteiger partial charge < -0.3 is 21.1 Å². The van der Waals surface area contributed by atoms with Gasteiger partial charge in [-0.05, 0) is 6.42 Å². The molecular weight excluding hydrogens is 170 g/mol.